The second-order valence-corrected chi connectivity index (χ2v) is 8.58. The number of methoxy groups -OCH3 is 2. The Labute approximate surface area is 174 Å². The summed E-state index contributed by atoms with van der Waals surface area (Å²) in [7, 11) is -0.796. The summed E-state index contributed by atoms with van der Waals surface area (Å²) in [6, 6.07) is 8.09. The highest BCUT2D eigenvalue weighted by atomic mass is 35.5. The van der Waals surface area contributed by atoms with Gasteiger partial charge in [0.1, 0.15) is 23.9 Å². The fourth-order valence-electron chi connectivity index (χ4n) is 2.71. The molecule has 1 unspecified atom stereocenters. The first kappa shape index (κ1) is 22.8. The van der Waals surface area contributed by atoms with Crippen molar-refractivity contribution in [1.82, 2.24) is 5.32 Å². The number of halogens is 2. The molecule has 0 bridgehead atoms. The van der Waals surface area contributed by atoms with E-state index in [2.05, 4.69) is 5.32 Å². The number of anilines is 1. The van der Waals surface area contributed by atoms with Crippen LogP contribution in [0.2, 0.25) is 5.02 Å². The Kier molecular flexibility index (Phi) is 7.32. The molecule has 1 amide bonds. The molecule has 158 valence electrons. The van der Waals surface area contributed by atoms with Crippen LogP contribution in [0.1, 0.15) is 18.5 Å². The molecular formula is C19H22ClFN2O5S. The van der Waals surface area contributed by atoms with E-state index >= 15 is 0 Å². The van der Waals surface area contributed by atoms with Crippen molar-refractivity contribution < 1.29 is 27.1 Å². The molecule has 1 atom stereocenters. The summed E-state index contributed by atoms with van der Waals surface area (Å²) in [5.74, 6) is -0.121. The third-order valence-corrected chi connectivity index (χ3v) is 5.59. The monoisotopic (exact) mass is 444 g/mol. The quantitative estimate of drug-likeness (QED) is 0.676. The number of carbonyl (C=O) groups is 1. The topological polar surface area (TPSA) is 84.9 Å². The molecule has 29 heavy (non-hydrogen) atoms. The fraction of sp³-hybridized carbons (Fsp3) is 0.316. The minimum atomic E-state index is -3.82. The number of benzene rings is 2. The predicted octanol–water partition coefficient (Wildman–Crippen LogP) is 3.14. The number of rotatable bonds is 8. The normalized spacial score (nSPS) is 12.2. The van der Waals surface area contributed by atoms with Gasteiger partial charge in [0.05, 0.1) is 37.2 Å². The van der Waals surface area contributed by atoms with Crippen molar-refractivity contribution in [1.29, 1.82) is 0 Å². The van der Waals surface area contributed by atoms with Gasteiger partial charge < -0.3 is 14.8 Å². The van der Waals surface area contributed by atoms with Gasteiger partial charge in [0, 0.05) is 5.56 Å². The highest BCUT2D eigenvalue weighted by Gasteiger charge is 2.23. The Morgan fingerprint density at radius 3 is 2.45 bits per heavy atom. The van der Waals surface area contributed by atoms with Gasteiger partial charge in [-0.1, -0.05) is 11.6 Å². The molecule has 0 radical (unpaired) electrons. The lowest BCUT2D eigenvalue weighted by atomic mass is 10.1. The number of hydrogen-bond acceptors (Lipinski definition) is 5. The second-order valence-electron chi connectivity index (χ2n) is 6.27. The van der Waals surface area contributed by atoms with Crippen molar-refractivity contribution in [3.63, 3.8) is 0 Å². The molecule has 0 aliphatic carbocycles. The highest BCUT2D eigenvalue weighted by molar-refractivity contribution is 7.92. The van der Waals surface area contributed by atoms with Gasteiger partial charge in [-0.15, -0.1) is 0 Å². The Bertz CT molecular complexity index is 1000. The maximum Gasteiger partial charge on any atom is 0.241 e. The summed E-state index contributed by atoms with van der Waals surface area (Å²) in [6.07, 6.45) is 0.950. The van der Waals surface area contributed by atoms with E-state index in [-0.39, 0.29) is 10.7 Å². The molecule has 0 aliphatic rings. The molecule has 0 aliphatic heterocycles. The SMILES string of the molecule is COc1ccc(OC)c(C(C)NC(=O)CN(c2ccc(F)c(Cl)c2)S(C)(=O)=O)c1. The van der Waals surface area contributed by atoms with Crippen LogP contribution in [0.5, 0.6) is 11.5 Å². The molecule has 0 spiro atoms. The van der Waals surface area contributed by atoms with Crippen LogP contribution in [0.4, 0.5) is 10.1 Å². The van der Waals surface area contributed by atoms with Crippen LogP contribution in [0.15, 0.2) is 36.4 Å². The van der Waals surface area contributed by atoms with Crippen molar-refractivity contribution >= 4 is 33.2 Å². The Morgan fingerprint density at radius 2 is 1.90 bits per heavy atom. The van der Waals surface area contributed by atoms with E-state index in [1.807, 2.05) is 0 Å². The van der Waals surface area contributed by atoms with Crippen molar-refractivity contribution in [3.8, 4) is 11.5 Å². The summed E-state index contributed by atoms with van der Waals surface area (Å²) >= 11 is 5.75. The van der Waals surface area contributed by atoms with E-state index in [0.29, 0.717) is 17.1 Å². The second kappa shape index (κ2) is 9.32. The molecule has 0 aromatic heterocycles. The van der Waals surface area contributed by atoms with Crippen LogP contribution < -0.4 is 19.1 Å². The molecule has 2 rings (SSSR count). The first-order valence-corrected chi connectivity index (χ1v) is 10.7. The van der Waals surface area contributed by atoms with Crippen LogP contribution in [0.25, 0.3) is 0 Å². The molecule has 0 saturated heterocycles. The van der Waals surface area contributed by atoms with Crippen LogP contribution in [-0.2, 0) is 14.8 Å². The van der Waals surface area contributed by atoms with Crippen molar-refractivity contribution in [2.45, 2.75) is 13.0 Å². The van der Waals surface area contributed by atoms with Crippen LogP contribution >= 0.6 is 11.6 Å². The lowest BCUT2D eigenvalue weighted by Gasteiger charge is -2.24. The molecular weight excluding hydrogens is 423 g/mol. The first-order chi connectivity index (χ1) is 13.6. The zero-order chi connectivity index (χ0) is 21.8. The lowest BCUT2D eigenvalue weighted by molar-refractivity contribution is -0.120. The number of amides is 1. The van der Waals surface area contributed by atoms with Crippen LogP contribution in [-0.4, -0.2) is 41.3 Å². The van der Waals surface area contributed by atoms with E-state index in [4.69, 9.17) is 21.1 Å². The lowest BCUT2D eigenvalue weighted by Crippen LogP contribution is -2.41. The average molecular weight is 445 g/mol. The van der Waals surface area contributed by atoms with Gasteiger partial charge >= 0.3 is 0 Å². The van der Waals surface area contributed by atoms with E-state index in [1.165, 1.54) is 20.3 Å². The molecule has 2 aromatic carbocycles. The summed E-state index contributed by atoms with van der Waals surface area (Å²) in [5.41, 5.74) is 0.747. The molecule has 0 heterocycles. The van der Waals surface area contributed by atoms with Crippen LogP contribution in [0.3, 0.4) is 0 Å². The molecule has 7 nitrogen and oxygen atoms in total. The Morgan fingerprint density at radius 1 is 1.21 bits per heavy atom. The van der Waals surface area contributed by atoms with Gasteiger partial charge in [-0.25, -0.2) is 12.8 Å². The number of nitrogens with zero attached hydrogens (tertiary/aromatic N) is 1. The molecule has 0 saturated carbocycles. The minimum Gasteiger partial charge on any atom is -0.497 e. The minimum absolute atomic E-state index is 0.0839. The number of carbonyl (C=O) groups excluding carboxylic acids is 1. The van der Waals surface area contributed by atoms with Gasteiger partial charge in [0.15, 0.2) is 0 Å². The van der Waals surface area contributed by atoms with Gasteiger partial charge in [0.25, 0.3) is 0 Å². The third kappa shape index (κ3) is 5.74. The smallest absolute Gasteiger partial charge is 0.241 e. The summed E-state index contributed by atoms with van der Waals surface area (Å²) < 4.78 is 49.1. The molecule has 10 heteroatoms. The summed E-state index contributed by atoms with van der Waals surface area (Å²) in [6.45, 7) is 1.23. The number of hydrogen-bond donors (Lipinski definition) is 1. The van der Waals surface area contributed by atoms with Gasteiger partial charge in [0.2, 0.25) is 15.9 Å². The van der Waals surface area contributed by atoms with Gasteiger partial charge in [-0.05, 0) is 43.3 Å². The van der Waals surface area contributed by atoms with Gasteiger partial charge in [-0.2, -0.15) is 0 Å². The fourth-order valence-corrected chi connectivity index (χ4v) is 3.74. The zero-order valence-corrected chi connectivity index (χ0v) is 18.0. The Hall–Kier alpha value is -2.52. The average Bonchev–Trinajstić information content (AvgIpc) is 2.66. The van der Waals surface area contributed by atoms with Crippen molar-refractivity contribution in [3.05, 3.63) is 52.8 Å². The van der Waals surface area contributed by atoms with E-state index in [1.54, 1.807) is 25.1 Å². The van der Waals surface area contributed by atoms with E-state index < -0.39 is 34.3 Å². The Balaban J connectivity index is 2.23. The number of nitrogens with one attached hydrogen (secondary N) is 1. The molecule has 2 aromatic rings. The van der Waals surface area contributed by atoms with Crippen LogP contribution in [0, 0.1) is 5.82 Å². The zero-order valence-electron chi connectivity index (χ0n) is 16.4. The third-order valence-electron chi connectivity index (χ3n) is 4.16. The number of ether oxygens (including phenoxy) is 2. The van der Waals surface area contributed by atoms with Crippen molar-refractivity contribution in [2.75, 3.05) is 31.3 Å². The number of sulfonamides is 1. The maximum atomic E-state index is 13.4. The first-order valence-electron chi connectivity index (χ1n) is 8.51. The summed E-state index contributed by atoms with van der Waals surface area (Å²) in [4.78, 5) is 12.6. The summed E-state index contributed by atoms with van der Waals surface area (Å²) in [5, 5.41) is 2.49. The maximum absolute atomic E-state index is 13.4. The molecule has 0 fully saturated rings. The molecule has 1 N–H and O–H groups in total. The highest BCUT2D eigenvalue weighted by Crippen LogP contribution is 2.29. The van der Waals surface area contributed by atoms with Crippen molar-refractivity contribution in [2.24, 2.45) is 0 Å². The van der Waals surface area contributed by atoms with E-state index in [9.17, 15) is 17.6 Å². The standard InChI is InChI=1S/C19H22ClFN2O5S/c1-12(15-10-14(27-2)6-8-18(15)28-3)22-19(24)11-23(29(4,25)26)13-5-7-17(21)16(20)9-13/h5-10,12H,11H2,1-4H3,(H,22,24). The predicted molar refractivity (Wildman–Crippen MR) is 110 cm³/mol. The largest absolute Gasteiger partial charge is 0.497 e. The van der Waals surface area contributed by atoms with Gasteiger partial charge in [-0.3, -0.25) is 9.10 Å². The van der Waals surface area contributed by atoms with E-state index in [0.717, 1.165) is 22.7 Å².